The van der Waals surface area contributed by atoms with Gasteiger partial charge >= 0.3 is 0 Å². The summed E-state index contributed by atoms with van der Waals surface area (Å²) in [6.07, 6.45) is 6.53. The summed E-state index contributed by atoms with van der Waals surface area (Å²) < 4.78 is 6.05. The van der Waals surface area contributed by atoms with Crippen molar-refractivity contribution < 1.29 is 9.53 Å². The lowest BCUT2D eigenvalue weighted by Crippen LogP contribution is -2.40. The molecule has 2 aliphatic carbocycles. The lowest BCUT2D eigenvalue weighted by molar-refractivity contribution is 0.0892. The third-order valence-electron chi connectivity index (χ3n) is 5.88. The van der Waals surface area contributed by atoms with Gasteiger partial charge in [0.15, 0.2) is 0 Å². The molecule has 0 bridgehead atoms. The van der Waals surface area contributed by atoms with Crippen LogP contribution in [0.2, 0.25) is 0 Å². The molecule has 1 amide bonds. The van der Waals surface area contributed by atoms with Crippen LogP contribution in [0.15, 0.2) is 54.6 Å². The van der Waals surface area contributed by atoms with E-state index in [0.29, 0.717) is 0 Å². The molecule has 136 valence electrons. The van der Waals surface area contributed by atoms with Gasteiger partial charge in [-0.05, 0) is 67.7 Å². The van der Waals surface area contributed by atoms with Crippen LogP contribution in [0.4, 0.5) is 0 Å². The maximum absolute atomic E-state index is 12.8. The highest BCUT2D eigenvalue weighted by Crippen LogP contribution is 2.48. The molecule has 0 aliphatic heterocycles. The number of para-hydroxylation sites is 1. The number of benzene rings is 2. The van der Waals surface area contributed by atoms with Gasteiger partial charge in [-0.25, -0.2) is 0 Å². The van der Waals surface area contributed by atoms with Crippen molar-refractivity contribution in [3.8, 4) is 5.75 Å². The summed E-state index contributed by atoms with van der Waals surface area (Å²) >= 11 is 0. The standard InChI is InChI=1S/C23H27NO2/c1-23(15-16-23)21-10-6-5-9-20(21)22(25)24-17-11-13-19(14-12-17)26-18-7-3-2-4-8-18/h2-10,17,19H,11-16H2,1H3,(H,24,25). The van der Waals surface area contributed by atoms with Gasteiger partial charge in [0.1, 0.15) is 5.75 Å². The lowest BCUT2D eigenvalue weighted by atomic mass is 9.90. The maximum atomic E-state index is 12.8. The van der Waals surface area contributed by atoms with Crippen LogP contribution in [0, 0.1) is 0 Å². The molecule has 0 radical (unpaired) electrons. The molecule has 0 saturated heterocycles. The summed E-state index contributed by atoms with van der Waals surface area (Å²) in [6.45, 7) is 2.26. The third-order valence-corrected chi connectivity index (χ3v) is 5.88. The number of ether oxygens (including phenoxy) is 1. The van der Waals surface area contributed by atoms with Crippen LogP contribution in [-0.4, -0.2) is 18.1 Å². The van der Waals surface area contributed by atoms with Crippen LogP contribution in [0.1, 0.15) is 61.4 Å². The highest BCUT2D eigenvalue weighted by atomic mass is 16.5. The summed E-state index contributed by atoms with van der Waals surface area (Å²) in [5, 5.41) is 3.27. The van der Waals surface area contributed by atoms with Gasteiger partial charge in [0.2, 0.25) is 0 Å². The van der Waals surface area contributed by atoms with Crippen LogP contribution in [0.3, 0.4) is 0 Å². The molecule has 2 aliphatic rings. The SMILES string of the molecule is CC1(c2ccccc2C(=O)NC2CCC(Oc3ccccc3)CC2)CC1. The Kier molecular flexibility index (Phi) is 4.71. The van der Waals surface area contributed by atoms with E-state index in [1.807, 2.05) is 48.5 Å². The van der Waals surface area contributed by atoms with E-state index in [4.69, 9.17) is 4.74 Å². The molecule has 0 aromatic heterocycles. The second-order valence-electron chi connectivity index (χ2n) is 7.98. The third kappa shape index (κ3) is 3.77. The zero-order chi connectivity index (χ0) is 18.0. The largest absolute Gasteiger partial charge is 0.490 e. The molecule has 2 aromatic rings. The molecule has 0 unspecified atom stereocenters. The molecule has 3 nitrogen and oxygen atoms in total. The van der Waals surface area contributed by atoms with E-state index in [0.717, 1.165) is 37.0 Å². The van der Waals surface area contributed by atoms with E-state index in [9.17, 15) is 4.79 Å². The number of hydrogen-bond acceptors (Lipinski definition) is 2. The normalized spacial score (nSPS) is 23.9. The van der Waals surface area contributed by atoms with Crippen molar-refractivity contribution in [3.05, 3.63) is 65.7 Å². The quantitative estimate of drug-likeness (QED) is 0.837. The zero-order valence-electron chi connectivity index (χ0n) is 15.4. The van der Waals surface area contributed by atoms with Crippen LogP contribution >= 0.6 is 0 Å². The molecule has 4 rings (SSSR count). The first kappa shape index (κ1) is 17.1. The van der Waals surface area contributed by atoms with E-state index >= 15 is 0 Å². The first-order chi connectivity index (χ1) is 12.6. The molecular formula is C23H27NO2. The predicted octanol–water partition coefficient (Wildman–Crippen LogP) is 4.86. The number of nitrogens with one attached hydrogen (secondary N) is 1. The number of carbonyl (C=O) groups is 1. The average molecular weight is 349 g/mol. The van der Waals surface area contributed by atoms with E-state index < -0.39 is 0 Å². The molecule has 0 spiro atoms. The zero-order valence-corrected chi connectivity index (χ0v) is 15.4. The number of hydrogen-bond donors (Lipinski definition) is 1. The second kappa shape index (κ2) is 7.14. The smallest absolute Gasteiger partial charge is 0.251 e. The van der Waals surface area contributed by atoms with Gasteiger partial charge in [-0.3, -0.25) is 4.79 Å². The highest BCUT2D eigenvalue weighted by Gasteiger charge is 2.41. The first-order valence-electron chi connectivity index (χ1n) is 9.76. The van der Waals surface area contributed by atoms with Crippen molar-refractivity contribution in [2.75, 3.05) is 0 Å². The van der Waals surface area contributed by atoms with E-state index in [1.165, 1.54) is 18.4 Å². The fourth-order valence-electron chi connectivity index (χ4n) is 3.94. The van der Waals surface area contributed by atoms with Gasteiger partial charge in [-0.2, -0.15) is 0 Å². The summed E-state index contributed by atoms with van der Waals surface area (Å²) in [5.41, 5.74) is 2.27. The van der Waals surface area contributed by atoms with E-state index in [1.54, 1.807) is 0 Å². The van der Waals surface area contributed by atoms with Crippen LogP contribution in [0.5, 0.6) is 5.75 Å². The molecular weight excluding hydrogens is 322 g/mol. The fraction of sp³-hybridized carbons (Fsp3) is 0.435. The van der Waals surface area contributed by atoms with Crippen molar-refractivity contribution in [2.24, 2.45) is 0 Å². The minimum absolute atomic E-state index is 0.0844. The Morgan fingerprint density at radius 3 is 2.31 bits per heavy atom. The Morgan fingerprint density at radius 1 is 0.962 bits per heavy atom. The van der Waals surface area contributed by atoms with Crippen molar-refractivity contribution in [2.45, 2.75) is 63.0 Å². The summed E-state index contributed by atoms with van der Waals surface area (Å²) in [4.78, 5) is 12.8. The molecule has 0 heterocycles. The molecule has 3 heteroatoms. The Labute approximate surface area is 155 Å². The molecule has 2 saturated carbocycles. The van der Waals surface area contributed by atoms with Gasteiger partial charge < -0.3 is 10.1 Å². The predicted molar refractivity (Wildman–Crippen MR) is 104 cm³/mol. The van der Waals surface area contributed by atoms with Crippen molar-refractivity contribution in [3.63, 3.8) is 0 Å². The van der Waals surface area contributed by atoms with Crippen molar-refractivity contribution >= 4 is 5.91 Å². The van der Waals surface area contributed by atoms with Crippen LogP contribution in [0.25, 0.3) is 0 Å². The fourth-order valence-corrected chi connectivity index (χ4v) is 3.94. The van der Waals surface area contributed by atoms with E-state index in [2.05, 4.69) is 18.3 Å². The summed E-state index contributed by atoms with van der Waals surface area (Å²) in [7, 11) is 0. The average Bonchev–Trinajstić information content (AvgIpc) is 3.43. The Morgan fingerprint density at radius 2 is 1.62 bits per heavy atom. The Balaban J connectivity index is 1.33. The highest BCUT2D eigenvalue weighted by molar-refractivity contribution is 5.96. The molecule has 0 atom stereocenters. The summed E-state index contributed by atoms with van der Waals surface area (Å²) in [5.74, 6) is 1.02. The van der Waals surface area contributed by atoms with Crippen LogP contribution in [-0.2, 0) is 5.41 Å². The Bertz CT molecular complexity index is 759. The maximum Gasteiger partial charge on any atom is 0.251 e. The minimum atomic E-state index is 0.0844. The van der Waals surface area contributed by atoms with Gasteiger partial charge in [-0.1, -0.05) is 43.3 Å². The molecule has 26 heavy (non-hydrogen) atoms. The van der Waals surface area contributed by atoms with Gasteiger partial charge in [0.25, 0.3) is 5.91 Å². The second-order valence-corrected chi connectivity index (χ2v) is 7.98. The van der Waals surface area contributed by atoms with Gasteiger partial charge in [-0.15, -0.1) is 0 Å². The Hall–Kier alpha value is -2.29. The number of carbonyl (C=O) groups excluding carboxylic acids is 1. The van der Waals surface area contributed by atoms with Crippen molar-refractivity contribution in [1.82, 2.24) is 5.32 Å². The van der Waals surface area contributed by atoms with Gasteiger partial charge in [0.05, 0.1) is 6.10 Å². The molecule has 2 fully saturated rings. The summed E-state index contributed by atoms with van der Waals surface area (Å²) in [6, 6.07) is 18.4. The van der Waals surface area contributed by atoms with E-state index in [-0.39, 0.29) is 23.5 Å². The lowest BCUT2D eigenvalue weighted by Gasteiger charge is -2.30. The van der Waals surface area contributed by atoms with Gasteiger partial charge in [0, 0.05) is 11.6 Å². The number of amides is 1. The minimum Gasteiger partial charge on any atom is -0.490 e. The van der Waals surface area contributed by atoms with Crippen molar-refractivity contribution in [1.29, 1.82) is 0 Å². The monoisotopic (exact) mass is 349 g/mol. The topological polar surface area (TPSA) is 38.3 Å². The molecule has 2 aromatic carbocycles. The molecule has 1 N–H and O–H groups in total. The first-order valence-corrected chi connectivity index (χ1v) is 9.76. The van der Waals surface area contributed by atoms with Crippen LogP contribution < -0.4 is 10.1 Å². The number of rotatable bonds is 5.